The molecule has 0 spiro atoms. The molecule has 8 heteroatoms. The fourth-order valence-corrected chi connectivity index (χ4v) is 3.12. The molecule has 2 heterocycles. The van der Waals surface area contributed by atoms with Crippen LogP contribution in [-0.4, -0.2) is 58.2 Å². The van der Waals surface area contributed by atoms with Crippen LogP contribution in [0.3, 0.4) is 0 Å². The second kappa shape index (κ2) is 8.71. The molecule has 0 aliphatic carbocycles. The summed E-state index contributed by atoms with van der Waals surface area (Å²) in [6, 6.07) is 9.29. The first-order valence-corrected chi connectivity index (χ1v) is 9.10. The molecular weight excluding hydrogens is 363 g/mol. The summed E-state index contributed by atoms with van der Waals surface area (Å²) in [5.41, 5.74) is 1.27. The SMILES string of the molecule is CCN(CCNC(=O)c1ccnc(F)c1)CCC1=[N+]([O-])c2ccccc2C1=O. The van der Waals surface area contributed by atoms with Gasteiger partial charge in [0.05, 0.1) is 6.42 Å². The first kappa shape index (κ1) is 19.6. The average Bonchev–Trinajstić information content (AvgIpc) is 2.95. The summed E-state index contributed by atoms with van der Waals surface area (Å²) in [6.45, 7) is 4.09. The molecule has 0 unspecified atom stereocenters. The number of rotatable bonds is 8. The summed E-state index contributed by atoms with van der Waals surface area (Å²) in [4.78, 5) is 29.9. The molecule has 0 bridgehead atoms. The second-order valence-electron chi connectivity index (χ2n) is 6.39. The van der Waals surface area contributed by atoms with Crippen molar-refractivity contribution >= 4 is 23.1 Å². The molecule has 28 heavy (non-hydrogen) atoms. The number of Topliss-reactive ketones (excluding diaryl/α,β-unsaturated/α-hetero) is 1. The zero-order chi connectivity index (χ0) is 20.1. The second-order valence-corrected chi connectivity index (χ2v) is 6.39. The van der Waals surface area contributed by atoms with Gasteiger partial charge in [0.15, 0.2) is 0 Å². The summed E-state index contributed by atoms with van der Waals surface area (Å²) in [7, 11) is 0. The van der Waals surface area contributed by atoms with Crippen molar-refractivity contribution in [2.24, 2.45) is 0 Å². The van der Waals surface area contributed by atoms with Crippen LogP contribution in [0.15, 0.2) is 42.6 Å². The molecule has 1 aromatic carbocycles. The summed E-state index contributed by atoms with van der Waals surface area (Å²) < 4.78 is 13.8. The number of para-hydroxylation sites is 1. The number of fused-ring (bicyclic) bond motifs is 1. The third-order valence-electron chi connectivity index (χ3n) is 4.69. The predicted molar refractivity (Wildman–Crippen MR) is 102 cm³/mol. The van der Waals surface area contributed by atoms with Gasteiger partial charge in [0, 0.05) is 43.5 Å². The maximum atomic E-state index is 13.1. The number of likely N-dealkylation sites (N-methyl/N-ethyl adjacent to an activating group) is 1. The summed E-state index contributed by atoms with van der Waals surface area (Å²) in [6.07, 6.45) is 1.57. The lowest BCUT2D eigenvalue weighted by atomic mass is 10.1. The number of benzene rings is 1. The van der Waals surface area contributed by atoms with Crippen molar-refractivity contribution in [1.29, 1.82) is 0 Å². The van der Waals surface area contributed by atoms with E-state index < -0.39 is 5.95 Å². The normalized spacial score (nSPS) is 13.2. The number of amides is 1. The first-order valence-electron chi connectivity index (χ1n) is 9.10. The molecule has 0 saturated heterocycles. The zero-order valence-electron chi connectivity index (χ0n) is 15.5. The molecule has 2 aromatic rings. The van der Waals surface area contributed by atoms with Crippen molar-refractivity contribution in [3.8, 4) is 0 Å². The van der Waals surface area contributed by atoms with Gasteiger partial charge in [0.25, 0.3) is 11.7 Å². The molecule has 7 nitrogen and oxygen atoms in total. The van der Waals surface area contributed by atoms with Crippen molar-refractivity contribution in [3.05, 3.63) is 64.9 Å². The van der Waals surface area contributed by atoms with Crippen LogP contribution in [0.1, 0.15) is 34.1 Å². The zero-order valence-corrected chi connectivity index (χ0v) is 15.5. The number of pyridine rings is 1. The highest BCUT2D eigenvalue weighted by Crippen LogP contribution is 2.26. The van der Waals surface area contributed by atoms with Gasteiger partial charge in [0.2, 0.25) is 17.3 Å². The number of ketones is 1. The fraction of sp³-hybridized carbons (Fsp3) is 0.300. The molecule has 1 amide bonds. The Kier molecular flexibility index (Phi) is 6.10. The van der Waals surface area contributed by atoms with Crippen molar-refractivity contribution < 1.29 is 18.7 Å². The largest absolute Gasteiger partial charge is 0.618 e. The third kappa shape index (κ3) is 4.23. The molecule has 146 valence electrons. The molecule has 1 N–H and O–H groups in total. The molecule has 0 atom stereocenters. The molecule has 0 saturated carbocycles. The maximum Gasteiger partial charge on any atom is 0.260 e. The Morgan fingerprint density at radius 1 is 1.29 bits per heavy atom. The number of hydrogen-bond acceptors (Lipinski definition) is 5. The van der Waals surface area contributed by atoms with Gasteiger partial charge in [-0.05, 0) is 18.7 Å². The molecule has 1 aliphatic heterocycles. The van der Waals surface area contributed by atoms with Gasteiger partial charge in [-0.25, -0.2) is 4.98 Å². The van der Waals surface area contributed by atoms with Gasteiger partial charge in [-0.15, -0.1) is 0 Å². The lowest BCUT2D eigenvalue weighted by Gasteiger charge is -2.20. The van der Waals surface area contributed by atoms with Crippen LogP contribution in [0.25, 0.3) is 0 Å². The summed E-state index contributed by atoms with van der Waals surface area (Å²) in [5.74, 6) is -1.31. The summed E-state index contributed by atoms with van der Waals surface area (Å²) in [5, 5.41) is 15.1. The van der Waals surface area contributed by atoms with E-state index in [2.05, 4.69) is 10.3 Å². The topological polar surface area (TPSA) is 88.4 Å². The minimum absolute atomic E-state index is 0.211. The number of carbonyl (C=O) groups excluding carboxylic acids is 2. The van der Waals surface area contributed by atoms with E-state index in [1.807, 2.05) is 11.8 Å². The van der Waals surface area contributed by atoms with E-state index in [0.717, 1.165) is 6.07 Å². The van der Waals surface area contributed by atoms with Gasteiger partial charge < -0.3 is 15.4 Å². The van der Waals surface area contributed by atoms with Gasteiger partial charge in [-0.2, -0.15) is 9.13 Å². The van der Waals surface area contributed by atoms with E-state index in [-0.39, 0.29) is 23.0 Å². The van der Waals surface area contributed by atoms with Crippen molar-refractivity contribution in [3.63, 3.8) is 0 Å². The molecular formula is C20H21FN4O3. The number of nitrogens with one attached hydrogen (secondary N) is 1. The molecule has 0 radical (unpaired) electrons. The Balaban J connectivity index is 1.51. The van der Waals surface area contributed by atoms with Crippen molar-refractivity contribution in [1.82, 2.24) is 15.2 Å². The Hall–Kier alpha value is -3.13. The Morgan fingerprint density at radius 3 is 2.79 bits per heavy atom. The number of halogens is 1. The lowest BCUT2D eigenvalue weighted by molar-refractivity contribution is -0.357. The Bertz CT molecular complexity index is 929. The first-order chi connectivity index (χ1) is 13.5. The van der Waals surface area contributed by atoms with Crippen LogP contribution in [0.4, 0.5) is 10.1 Å². The van der Waals surface area contributed by atoms with Gasteiger partial charge in [-0.3, -0.25) is 9.59 Å². The van der Waals surface area contributed by atoms with E-state index >= 15 is 0 Å². The van der Waals surface area contributed by atoms with E-state index in [9.17, 15) is 19.2 Å². The van der Waals surface area contributed by atoms with E-state index in [4.69, 9.17) is 0 Å². The van der Waals surface area contributed by atoms with Crippen LogP contribution in [-0.2, 0) is 0 Å². The highest BCUT2D eigenvalue weighted by Gasteiger charge is 2.34. The van der Waals surface area contributed by atoms with Crippen LogP contribution in [0.5, 0.6) is 0 Å². The lowest BCUT2D eigenvalue weighted by Crippen LogP contribution is -2.36. The van der Waals surface area contributed by atoms with Gasteiger partial charge in [0.1, 0.15) is 5.56 Å². The minimum atomic E-state index is -0.704. The summed E-state index contributed by atoms with van der Waals surface area (Å²) >= 11 is 0. The number of aromatic nitrogens is 1. The monoisotopic (exact) mass is 384 g/mol. The van der Waals surface area contributed by atoms with Gasteiger partial charge >= 0.3 is 0 Å². The molecule has 0 fully saturated rings. The number of hydrogen-bond donors (Lipinski definition) is 1. The van der Waals surface area contributed by atoms with Crippen LogP contribution in [0.2, 0.25) is 0 Å². The number of nitrogens with zero attached hydrogens (tertiary/aromatic N) is 3. The molecule has 1 aliphatic rings. The van der Waals surface area contributed by atoms with Crippen LogP contribution in [0, 0.1) is 11.2 Å². The van der Waals surface area contributed by atoms with Crippen LogP contribution >= 0.6 is 0 Å². The van der Waals surface area contributed by atoms with E-state index in [1.165, 1.54) is 12.3 Å². The van der Waals surface area contributed by atoms with Crippen molar-refractivity contribution in [2.45, 2.75) is 13.3 Å². The third-order valence-corrected chi connectivity index (χ3v) is 4.69. The highest BCUT2D eigenvalue weighted by atomic mass is 19.1. The quantitative estimate of drug-likeness (QED) is 0.428. The standard InChI is InChI=1S/C20H21FN4O3/c1-2-24(12-10-23-20(27)14-7-9-22-18(21)13-14)11-8-17-19(26)15-5-3-4-6-16(15)25(17)28/h3-7,9,13H,2,8,10-12H2,1H3,(H,23,27). The molecule has 1 aromatic heterocycles. The Labute approximate surface area is 162 Å². The number of carbonyl (C=O) groups is 2. The Morgan fingerprint density at radius 2 is 2.07 bits per heavy atom. The minimum Gasteiger partial charge on any atom is -0.618 e. The average molecular weight is 384 g/mol. The smallest absolute Gasteiger partial charge is 0.260 e. The maximum absolute atomic E-state index is 13.1. The predicted octanol–water partition coefficient (Wildman–Crippen LogP) is 2.14. The highest BCUT2D eigenvalue weighted by molar-refractivity contribution is 6.47. The molecule has 3 rings (SSSR count). The van der Waals surface area contributed by atoms with E-state index in [0.29, 0.717) is 48.6 Å². The van der Waals surface area contributed by atoms with Crippen molar-refractivity contribution in [2.75, 3.05) is 26.2 Å². The van der Waals surface area contributed by atoms with E-state index in [1.54, 1.807) is 24.3 Å². The van der Waals surface area contributed by atoms with Crippen LogP contribution < -0.4 is 5.32 Å². The fourth-order valence-electron chi connectivity index (χ4n) is 3.12. The van der Waals surface area contributed by atoms with Gasteiger partial charge in [-0.1, -0.05) is 19.1 Å².